The van der Waals surface area contributed by atoms with Crippen LogP contribution in [0, 0.1) is 0 Å². The zero-order valence-corrected chi connectivity index (χ0v) is 6.24. The normalized spacial score (nSPS) is 24.9. The van der Waals surface area contributed by atoms with Gasteiger partial charge in [0.2, 0.25) is 0 Å². The van der Waals surface area contributed by atoms with E-state index in [9.17, 15) is 9.90 Å². The standard InChI is InChI=1S/C5H8O5.Li/c6-5(7)4-2-1-3-8-10-9-4;/h4H,1-3H2,(H,6,7);/q;+1/p-1. The smallest absolute Gasteiger partial charge is 0.547 e. The van der Waals surface area contributed by atoms with E-state index in [1.165, 1.54) is 0 Å². The van der Waals surface area contributed by atoms with Gasteiger partial charge in [0.25, 0.3) is 0 Å². The molecule has 0 amide bonds. The Labute approximate surface area is 75.6 Å². The predicted molar refractivity (Wildman–Crippen MR) is 26.2 cm³/mol. The van der Waals surface area contributed by atoms with Gasteiger partial charge in [0.1, 0.15) is 6.10 Å². The fraction of sp³-hybridized carbons (Fsp3) is 0.800. The maximum absolute atomic E-state index is 10.1. The summed E-state index contributed by atoms with van der Waals surface area (Å²) in [5.41, 5.74) is 0. The summed E-state index contributed by atoms with van der Waals surface area (Å²) in [5, 5.41) is 14.2. The molecule has 1 fully saturated rings. The Morgan fingerprint density at radius 1 is 1.55 bits per heavy atom. The van der Waals surface area contributed by atoms with Crippen molar-refractivity contribution in [2.45, 2.75) is 18.9 Å². The molecule has 5 nitrogen and oxygen atoms in total. The summed E-state index contributed by atoms with van der Waals surface area (Å²) < 4.78 is 0. The van der Waals surface area contributed by atoms with Gasteiger partial charge < -0.3 is 9.90 Å². The van der Waals surface area contributed by atoms with Crippen molar-refractivity contribution in [2.24, 2.45) is 0 Å². The molecule has 58 valence electrons. The molecule has 0 saturated carbocycles. The van der Waals surface area contributed by atoms with Crippen molar-refractivity contribution in [2.75, 3.05) is 6.61 Å². The first kappa shape index (κ1) is 10.9. The van der Waals surface area contributed by atoms with Gasteiger partial charge in [-0.25, -0.2) is 4.89 Å². The zero-order chi connectivity index (χ0) is 7.40. The summed E-state index contributed by atoms with van der Waals surface area (Å²) in [6.07, 6.45) is -0.0384. The third-order valence-electron chi connectivity index (χ3n) is 1.16. The maximum Gasteiger partial charge on any atom is 1.00 e. The number of hydrogen-bond acceptors (Lipinski definition) is 5. The third kappa shape index (κ3) is 3.75. The molecule has 6 heteroatoms. The molecule has 1 unspecified atom stereocenters. The van der Waals surface area contributed by atoms with Crippen molar-refractivity contribution < 1.29 is 43.6 Å². The summed E-state index contributed by atoms with van der Waals surface area (Å²) in [5.74, 6) is -1.27. The molecule has 0 aromatic rings. The van der Waals surface area contributed by atoms with E-state index in [2.05, 4.69) is 14.8 Å². The van der Waals surface area contributed by atoms with Crippen LogP contribution in [0.3, 0.4) is 0 Å². The molecule has 1 rings (SSSR count). The van der Waals surface area contributed by atoms with E-state index in [-0.39, 0.29) is 18.9 Å². The van der Waals surface area contributed by atoms with Crippen molar-refractivity contribution in [3.63, 3.8) is 0 Å². The molecule has 0 radical (unpaired) electrons. The predicted octanol–water partition coefficient (Wildman–Crippen LogP) is -4.22. The van der Waals surface area contributed by atoms with Crippen LogP contribution >= 0.6 is 0 Å². The van der Waals surface area contributed by atoms with Crippen LogP contribution in [0.5, 0.6) is 0 Å². The summed E-state index contributed by atoms with van der Waals surface area (Å²) >= 11 is 0. The molecule has 0 aliphatic carbocycles. The Morgan fingerprint density at radius 2 is 2.27 bits per heavy atom. The van der Waals surface area contributed by atoms with E-state index in [1.807, 2.05) is 0 Å². The van der Waals surface area contributed by atoms with Crippen molar-refractivity contribution in [3.05, 3.63) is 0 Å². The number of hydrogen-bond donors (Lipinski definition) is 0. The minimum atomic E-state index is -1.27. The van der Waals surface area contributed by atoms with Gasteiger partial charge in [-0.15, -0.1) is 0 Å². The Balaban J connectivity index is 0.000001000. The Hall–Kier alpha value is -0.0526. The van der Waals surface area contributed by atoms with E-state index in [1.54, 1.807) is 0 Å². The number of aliphatic carboxylic acids is 1. The summed E-state index contributed by atoms with van der Waals surface area (Å²) in [4.78, 5) is 18.8. The molecule has 0 bridgehead atoms. The molecule has 1 aliphatic rings. The molecule has 1 atom stereocenters. The second-order valence-corrected chi connectivity index (χ2v) is 1.94. The second-order valence-electron chi connectivity index (χ2n) is 1.94. The van der Waals surface area contributed by atoms with Crippen LogP contribution in [0.1, 0.15) is 12.8 Å². The van der Waals surface area contributed by atoms with Gasteiger partial charge in [0, 0.05) is 0 Å². The fourth-order valence-corrected chi connectivity index (χ4v) is 0.642. The Morgan fingerprint density at radius 3 is 2.91 bits per heavy atom. The first-order chi connectivity index (χ1) is 4.80. The second kappa shape index (κ2) is 5.58. The van der Waals surface area contributed by atoms with Gasteiger partial charge in [-0.1, -0.05) is 5.04 Å². The molecule has 1 heterocycles. The number of carboxylic acid groups (broad SMARTS) is 1. The summed E-state index contributed by atoms with van der Waals surface area (Å²) in [7, 11) is 0. The Kier molecular flexibility index (Phi) is 5.55. The SMILES string of the molecule is O=C([O-])C1CCCOOO1.[Li+]. The van der Waals surface area contributed by atoms with E-state index in [4.69, 9.17) is 0 Å². The van der Waals surface area contributed by atoms with Crippen LogP contribution in [0.4, 0.5) is 0 Å². The largest absolute Gasteiger partial charge is 1.00 e. The van der Waals surface area contributed by atoms with E-state index >= 15 is 0 Å². The topological polar surface area (TPSA) is 67.8 Å². The molecular formula is C5H7LiO5. The summed E-state index contributed by atoms with van der Waals surface area (Å²) in [6, 6.07) is 0. The Bertz CT molecular complexity index is 120. The van der Waals surface area contributed by atoms with Gasteiger partial charge in [-0.05, 0) is 12.8 Å². The molecule has 0 aromatic heterocycles. The number of carbonyl (C=O) groups is 1. The maximum atomic E-state index is 10.1. The fourth-order valence-electron chi connectivity index (χ4n) is 0.642. The molecule has 11 heavy (non-hydrogen) atoms. The number of rotatable bonds is 1. The van der Waals surface area contributed by atoms with Crippen molar-refractivity contribution in [3.8, 4) is 0 Å². The van der Waals surface area contributed by atoms with E-state index in [0.717, 1.165) is 0 Å². The first-order valence-corrected chi connectivity index (χ1v) is 2.96. The monoisotopic (exact) mass is 154 g/mol. The van der Waals surface area contributed by atoms with Crippen LogP contribution in [0.25, 0.3) is 0 Å². The van der Waals surface area contributed by atoms with E-state index in [0.29, 0.717) is 19.4 Å². The quantitative estimate of drug-likeness (QED) is 0.283. The molecule has 0 N–H and O–H groups in total. The van der Waals surface area contributed by atoms with Gasteiger partial charge in [-0.2, -0.15) is 4.89 Å². The van der Waals surface area contributed by atoms with Crippen LogP contribution in [-0.2, 0) is 19.6 Å². The van der Waals surface area contributed by atoms with Crippen molar-refractivity contribution >= 4 is 5.97 Å². The molecule has 1 saturated heterocycles. The van der Waals surface area contributed by atoms with E-state index < -0.39 is 12.1 Å². The van der Waals surface area contributed by atoms with Gasteiger partial charge in [0.15, 0.2) is 0 Å². The van der Waals surface area contributed by atoms with Crippen LogP contribution in [0.2, 0.25) is 0 Å². The van der Waals surface area contributed by atoms with Crippen LogP contribution in [0.15, 0.2) is 0 Å². The average molecular weight is 154 g/mol. The molecular weight excluding hydrogens is 147 g/mol. The molecule has 1 aliphatic heterocycles. The number of carbonyl (C=O) groups excluding carboxylic acids is 1. The third-order valence-corrected chi connectivity index (χ3v) is 1.16. The minimum Gasteiger partial charge on any atom is -0.547 e. The van der Waals surface area contributed by atoms with Crippen LogP contribution < -0.4 is 24.0 Å². The number of carboxylic acids is 1. The molecule has 0 aromatic carbocycles. The van der Waals surface area contributed by atoms with Gasteiger partial charge in [0.05, 0.1) is 12.6 Å². The van der Waals surface area contributed by atoms with Crippen molar-refractivity contribution in [1.29, 1.82) is 0 Å². The zero-order valence-electron chi connectivity index (χ0n) is 6.24. The van der Waals surface area contributed by atoms with Crippen LogP contribution in [-0.4, -0.2) is 18.7 Å². The summed E-state index contributed by atoms with van der Waals surface area (Å²) in [6.45, 7) is 0.351. The average Bonchev–Trinajstić information content (AvgIpc) is 2.12. The minimum absolute atomic E-state index is 0. The first-order valence-electron chi connectivity index (χ1n) is 2.96. The molecule has 0 spiro atoms. The van der Waals surface area contributed by atoms with Crippen molar-refractivity contribution in [1.82, 2.24) is 0 Å². The van der Waals surface area contributed by atoms with Gasteiger partial charge in [-0.3, -0.25) is 0 Å². The van der Waals surface area contributed by atoms with Gasteiger partial charge >= 0.3 is 18.9 Å².